The minimum atomic E-state index is 0. The standard InChI is InChI=1S/C22H22N.CH3.Ir/c1-16-10-11-18(14-20(16)17-8-6-5-7-9-17)21-13-12-19(15-23-21)22(2,3)4;;/h5-10,12-15H,1-4H3;1H3;/q2*-1;. The molecule has 2 aromatic carbocycles. The van der Waals surface area contributed by atoms with Crippen LogP contribution in [0.5, 0.6) is 0 Å². The average Bonchev–Trinajstić information content (AvgIpc) is 2.55. The molecule has 0 atom stereocenters. The van der Waals surface area contributed by atoms with Crippen LogP contribution >= 0.6 is 0 Å². The van der Waals surface area contributed by atoms with Gasteiger partial charge >= 0.3 is 0 Å². The van der Waals surface area contributed by atoms with E-state index in [0.29, 0.717) is 0 Å². The zero-order chi connectivity index (χ0) is 16.4. The second-order valence-electron chi connectivity index (χ2n) is 6.99. The Morgan fingerprint density at radius 1 is 0.960 bits per heavy atom. The van der Waals surface area contributed by atoms with Gasteiger partial charge in [-0.2, -0.15) is 0 Å². The number of nitrogens with zero attached hydrogens (tertiary/aromatic N) is 1. The van der Waals surface area contributed by atoms with Crippen LogP contribution in [0, 0.1) is 20.4 Å². The molecular formula is C23H25IrN-2. The molecule has 0 fully saturated rings. The van der Waals surface area contributed by atoms with E-state index in [1.165, 1.54) is 22.3 Å². The van der Waals surface area contributed by atoms with Gasteiger partial charge < -0.3 is 12.4 Å². The van der Waals surface area contributed by atoms with Gasteiger partial charge in [0.05, 0.1) is 0 Å². The van der Waals surface area contributed by atoms with Gasteiger partial charge in [-0.1, -0.05) is 75.7 Å². The fourth-order valence-corrected chi connectivity index (χ4v) is 2.64. The average molecular weight is 508 g/mol. The molecule has 0 aliphatic heterocycles. The summed E-state index contributed by atoms with van der Waals surface area (Å²) in [6.07, 6.45) is 1.98. The van der Waals surface area contributed by atoms with E-state index in [1.54, 1.807) is 0 Å². The van der Waals surface area contributed by atoms with E-state index in [2.05, 4.69) is 87.3 Å². The molecule has 0 spiro atoms. The van der Waals surface area contributed by atoms with Crippen molar-refractivity contribution in [3.05, 3.63) is 85.4 Å². The Bertz CT molecular complexity index is 800. The van der Waals surface area contributed by atoms with Crippen molar-refractivity contribution >= 4 is 0 Å². The summed E-state index contributed by atoms with van der Waals surface area (Å²) in [6, 6.07) is 22.3. The SMILES string of the molecule is Cc1c[c-]c(-c2ccc(C(C)(C)C)cn2)cc1-c1ccccc1.[CH3-].[Ir]. The van der Waals surface area contributed by atoms with E-state index in [0.717, 1.165) is 11.3 Å². The molecule has 2 heteroatoms. The van der Waals surface area contributed by atoms with E-state index in [-0.39, 0.29) is 32.9 Å². The number of hydrogen-bond acceptors (Lipinski definition) is 1. The molecule has 0 saturated carbocycles. The van der Waals surface area contributed by atoms with E-state index >= 15 is 0 Å². The Balaban J connectivity index is 0.00000156. The molecule has 25 heavy (non-hydrogen) atoms. The third-order valence-electron chi connectivity index (χ3n) is 4.15. The van der Waals surface area contributed by atoms with Crippen LogP contribution in [-0.4, -0.2) is 4.98 Å². The van der Waals surface area contributed by atoms with Crippen LogP contribution < -0.4 is 0 Å². The van der Waals surface area contributed by atoms with Crippen molar-refractivity contribution in [2.24, 2.45) is 0 Å². The summed E-state index contributed by atoms with van der Waals surface area (Å²) in [5.74, 6) is 0. The minimum absolute atomic E-state index is 0. The molecule has 3 rings (SSSR count). The first-order chi connectivity index (χ1) is 10.9. The summed E-state index contributed by atoms with van der Waals surface area (Å²) in [5.41, 5.74) is 7.07. The quantitative estimate of drug-likeness (QED) is 0.373. The maximum Gasteiger partial charge on any atom is 0.0198 e. The van der Waals surface area contributed by atoms with E-state index in [4.69, 9.17) is 0 Å². The second-order valence-corrected chi connectivity index (χ2v) is 6.99. The van der Waals surface area contributed by atoms with Gasteiger partial charge in [-0.15, -0.1) is 29.3 Å². The molecular weight excluding hydrogens is 482 g/mol. The van der Waals surface area contributed by atoms with Gasteiger partial charge in [0.2, 0.25) is 0 Å². The summed E-state index contributed by atoms with van der Waals surface area (Å²) in [5, 5.41) is 0. The summed E-state index contributed by atoms with van der Waals surface area (Å²) < 4.78 is 0. The van der Waals surface area contributed by atoms with Crippen LogP contribution in [0.1, 0.15) is 31.9 Å². The molecule has 1 heterocycles. The first kappa shape index (κ1) is 21.3. The maximum atomic E-state index is 4.65. The van der Waals surface area contributed by atoms with Crippen LogP contribution in [0.15, 0.2) is 60.8 Å². The number of aryl methyl sites for hydroxylation is 1. The molecule has 3 aromatic rings. The van der Waals surface area contributed by atoms with Gasteiger partial charge in [0, 0.05) is 26.3 Å². The fourth-order valence-electron chi connectivity index (χ4n) is 2.64. The molecule has 0 unspecified atom stereocenters. The number of aromatic nitrogens is 1. The van der Waals surface area contributed by atoms with Crippen LogP contribution in [0.25, 0.3) is 22.4 Å². The predicted molar refractivity (Wildman–Crippen MR) is 104 cm³/mol. The fraction of sp³-hybridized carbons (Fsp3) is 0.217. The molecule has 133 valence electrons. The van der Waals surface area contributed by atoms with Crippen molar-refractivity contribution < 1.29 is 20.1 Å². The number of pyridine rings is 1. The van der Waals surface area contributed by atoms with Crippen molar-refractivity contribution in [3.8, 4) is 22.4 Å². The van der Waals surface area contributed by atoms with Crippen molar-refractivity contribution in [2.75, 3.05) is 0 Å². The Hall–Kier alpha value is -1.76. The molecule has 1 radical (unpaired) electrons. The summed E-state index contributed by atoms with van der Waals surface area (Å²) in [6.45, 7) is 8.73. The Kier molecular flexibility index (Phi) is 7.29. The molecule has 0 bridgehead atoms. The number of hydrogen-bond donors (Lipinski definition) is 0. The summed E-state index contributed by atoms with van der Waals surface area (Å²) in [4.78, 5) is 4.65. The van der Waals surface area contributed by atoms with Gasteiger partial charge in [0.1, 0.15) is 0 Å². The Morgan fingerprint density at radius 3 is 2.20 bits per heavy atom. The van der Waals surface area contributed by atoms with Crippen LogP contribution in [0.3, 0.4) is 0 Å². The minimum Gasteiger partial charge on any atom is -0.358 e. The zero-order valence-electron chi connectivity index (χ0n) is 15.6. The van der Waals surface area contributed by atoms with Crippen LogP contribution in [0.2, 0.25) is 0 Å². The van der Waals surface area contributed by atoms with Crippen molar-refractivity contribution in [1.82, 2.24) is 4.98 Å². The predicted octanol–water partition coefficient (Wildman–Crippen LogP) is 6.27. The van der Waals surface area contributed by atoms with E-state index in [1.807, 2.05) is 12.3 Å². The monoisotopic (exact) mass is 508 g/mol. The normalized spacial score (nSPS) is 10.6. The maximum absolute atomic E-state index is 4.65. The Morgan fingerprint density at radius 2 is 1.64 bits per heavy atom. The second kappa shape index (κ2) is 8.56. The first-order valence-corrected chi connectivity index (χ1v) is 8.00. The third-order valence-corrected chi connectivity index (χ3v) is 4.15. The molecule has 1 aromatic heterocycles. The smallest absolute Gasteiger partial charge is 0.0198 e. The molecule has 0 aliphatic carbocycles. The molecule has 0 N–H and O–H groups in total. The van der Waals surface area contributed by atoms with Crippen molar-refractivity contribution in [1.29, 1.82) is 0 Å². The number of rotatable bonds is 2. The molecule has 1 nitrogen and oxygen atoms in total. The van der Waals surface area contributed by atoms with Crippen LogP contribution in [0.4, 0.5) is 0 Å². The topological polar surface area (TPSA) is 12.9 Å². The van der Waals surface area contributed by atoms with Crippen molar-refractivity contribution in [3.63, 3.8) is 0 Å². The Labute approximate surface area is 165 Å². The van der Waals surface area contributed by atoms with E-state index < -0.39 is 0 Å². The van der Waals surface area contributed by atoms with Gasteiger partial charge in [0.25, 0.3) is 0 Å². The van der Waals surface area contributed by atoms with Crippen LogP contribution in [-0.2, 0) is 25.5 Å². The van der Waals surface area contributed by atoms with Gasteiger partial charge in [-0.3, -0.25) is 0 Å². The van der Waals surface area contributed by atoms with Gasteiger partial charge in [-0.05, 0) is 22.2 Å². The number of benzene rings is 2. The zero-order valence-corrected chi connectivity index (χ0v) is 17.9. The third kappa shape index (κ3) is 4.87. The molecule has 0 saturated heterocycles. The summed E-state index contributed by atoms with van der Waals surface area (Å²) in [7, 11) is 0. The van der Waals surface area contributed by atoms with Crippen molar-refractivity contribution in [2.45, 2.75) is 33.1 Å². The molecule has 0 amide bonds. The largest absolute Gasteiger partial charge is 0.358 e. The first-order valence-electron chi connectivity index (χ1n) is 8.00. The molecule has 0 aliphatic rings. The van der Waals surface area contributed by atoms with Gasteiger partial charge in [0.15, 0.2) is 0 Å². The summed E-state index contributed by atoms with van der Waals surface area (Å²) >= 11 is 0. The van der Waals surface area contributed by atoms with Gasteiger partial charge in [-0.25, -0.2) is 0 Å². The van der Waals surface area contributed by atoms with E-state index in [9.17, 15) is 0 Å².